The fourth-order valence-electron chi connectivity index (χ4n) is 9.07. The van der Waals surface area contributed by atoms with Crippen molar-refractivity contribution >= 4 is 85.6 Å². The molecule has 7 aromatic rings. The van der Waals surface area contributed by atoms with Gasteiger partial charge in [-0.3, -0.25) is 0 Å². The molecule has 0 unspecified atom stereocenters. The van der Waals surface area contributed by atoms with Gasteiger partial charge in [-0.05, 0) is 115 Å². The minimum atomic E-state index is 0.0243. The smallest absolute Gasteiger partial charge is 0.252 e. The average Bonchev–Trinajstić information content (AvgIpc) is 3.59. The molecule has 0 amide bonds. The van der Waals surface area contributed by atoms with Crippen LogP contribution >= 0.6 is 0 Å². The van der Waals surface area contributed by atoms with E-state index in [-0.39, 0.29) is 6.71 Å². The topological polar surface area (TPSA) is 22.9 Å². The van der Waals surface area contributed by atoms with Crippen molar-refractivity contribution in [2.45, 2.75) is 25.7 Å². The summed E-state index contributed by atoms with van der Waals surface area (Å²) in [4.78, 5) is 7.38. The van der Waals surface area contributed by atoms with Gasteiger partial charge < -0.3 is 19.1 Å². The standard InChI is InChI=1S/C48H36BN3O/c1-5-16-33(17-6-1)50(34-18-7-2-8-19-34)37-28-29-40-44(30-37)51(35-20-9-3-10-21-35)42-25-15-26-43-48(42)49(40)41-31-39-38-24-13-14-27-46(38)53-47(39)32-45(41)52(43)36-22-11-4-12-23-36/h1-7,9-12,14-18,20-23,25-32H,8,13,19,24H2. The second kappa shape index (κ2) is 12.1. The third-order valence-corrected chi connectivity index (χ3v) is 11.3. The van der Waals surface area contributed by atoms with E-state index in [0.717, 1.165) is 54.1 Å². The molecule has 0 bridgehead atoms. The Morgan fingerprint density at radius 3 is 1.94 bits per heavy atom. The highest BCUT2D eigenvalue weighted by atomic mass is 16.3. The zero-order valence-corrected chi connectivity index (χ0v) is 29.3. The molecule has 0 radical (unpaired) electrons. The van der Waals surface area contributed by atoms with Crippen LogP contribution in [-0.4, -0.2) is 6.71 Å². The van der Waals surface area contributed by atoms with Gasteiger partial charge in [0.1, 0.15) is 11.3 Å². The van der Waals surface area contributed by atoms with Crippen molar-refractivity contribution in [3.63, 3.8) is 0 Å². The second-order valence-corrected chi connectivity index (χ2v) is 14.3. The number of rotatable bonds is 5. The Morgan fingerprint density at radius 2 is 1.25 bits per heavy atom. The Hall–Kier alpha value is -6.46. The molecule has 3 heterocycles. The van der Waals surface area contributed by atoms with Crippen LogP contribution in [0.5, 0.6) is 0 Å². The first-order chi connectivity index (χ1) is 26.3. The molecule has 1 aromatic heterocycles. The van der Waals surface area contributed by atoms with Crippen LogP contribution in [0.15, 0.2) is 174 Å². The maximum Gasteiger partial charge on any atom is 0.252 e. The summed E-state index contributed by atoms with van der Waals surface area (Å²) in [7, 11) is 0. The Labute approximate surface area is 310 Å². The maximum absolute atomic E-state index is 6.58. The molecule has 11 rings (SSSR count). The maximum atomic E-state index is 6.58. The molecule has 4 aliphatic rings. The molecule has 0 spiro atoms. The van der Waals surface area contributed by atoms with Crippen LogP contribution in [0.2, 0.25) is 0 Å². The van der Waals surface area contributed by atoms with E-state index in [0.29, 0.717) is 0 Å². The first kappa shape index (κ1) is 30.2. The average molecular weight is 682 g/mol. The van der Waals surface area contributed by atoms with Crippen molar-refractivity contribution in [2.24, 2.45) is 0 Å². The van der Waals surface area contributed by atoms with Gasteiger partial charge in [0.25, 0.3) is 6.71 Å². The number of hydrogen-bond acceptors (Lipinski definition) is 4. The molecule has 0 fully saturated rings. The van der Waals surface area contributed by atoms with Crippen LogP contribution in [-0.2, 0) is 6.42 Å². The number of aryl methyl sites for hydroxylation is 1. The lowest BCUT2D eigenvalue weighted by atomic mass is 9.33. The van der Waals surface area contributed by atoms with Gasteiger partial charge in [-0.15, -0.1) is 0 Å². The Bertz CT molecular complexity index is 2640. The van der Waals surface area contributed by atoms with Gasteiger partial charge >= 0.3 is 0 Å². The Morgan fingerprint density at radius 1 is 0.566 bits per heavy atom. The highest BCUT2D eigenvalue weighted by molar-refractivity contribution is 7.00. The van der Waals surface area contributed by atoms with Gasteiger partial charge in [0, 0.05) is 68.2 Å². The summed E-state index contributed by atoms with van der Waals surface area (Å²) in [5, 5.41) is 1.23. The van der Waals surface area contributed by atoms with Gasteiger partial charge in [0.05, 0.1) is 0 Å². The van der Waals surface area contributed by atoms with Crippen molar-refractivity contribution in [1.29, 1.82) is 0 Å². The minimum absolute atomic E-state index is 0.0243. The predicted octanol–water partition coefficient (Wildman–Crippen LogP) is 10.8. The summed E-state index contributed by atoms with van der Waals surface area (Å²) in [6, 6.07) is 51.2. The fraction of sp³-hybridized carbons (Fsp3) is 0.0833. The van der Waals surface area contributed by atoms with E-state index >= 15 is 0 Å². The number of nitrogens with zero attached hydrogens (tertiary/aromatic N) is 3. The quantitative estimate of drug-likeness (QED) is 0.169. The fourth-order valence-corrected chi connectivity index (χ4v) is 9.07. The lowest BCUT2D eigenvalue weighted by Crippen LogP contribution is -2.61. The van der Waals surface area contributed by atoms with Gasteiger partial charge in [-0.1, -0.05) is 91.0 Å². The van der Waals surface area contributed by atoms with Crippen molar-refractivity contribution < 1.29 is 4.42 Å². The summed E-state index contributed by atoms with van der Waals surface area (Å²) >= 11 is 0. The lowest BCUT2D eigenvalue weighted by Gasteiger charge is -2.44. The van der Waals surface area contributed by atoms with Crippen molar-refractivity contribution in [1.82, 2.24) is 0 Å². The molecule has 6 aromatic carbocycles. The lowest BCUT2D eigenvalue weighted by molar-refractivity contribution is 0.595. The number of allylic oxidation sites excluding steroid dienone is 5. The molecule has 53 heavy (non-hydrogen) atoms. The summed E-state index contributed by atoms with van der Waals surface area (Å²) in [6.45, 7) is 0.0243. The van der Waals surface area contributed by atoms with E-state index in [1.165, 1.54) is 61.5 Å². The van der Waals surface area contributed by atoms with Gasteiger partial charge in [-0.25, -0.2) is 0 Å². The number of benzene rings is 6. The summed E-state index contributed by atoms with van der Waals surface area (Å²) < 4.78 is 6.58. The molecular formula is C48H36BN3O. The largest absolute Gasteiger partial charge is 0.456 e. The number of anilines is 8. The molecule has 0 N–H and O–H groups in total. The number of para-hydroxylation sites is 3. The molecule has 5 heteroatoms. The Balaban J connectivity index is 1.20. The number of hydrogen-bond donors (Lipinski definition) is 0. The monoisotopic (exact) mass is 681 g/mol. The second-order valence-electron chi connectivity index (χ2n) is 14.3. The number of fused-ring (bicyclic) bond motifs is 7. The van der Waals surface area contributed by atoms with Crippen LogP contribution in [0, 0.1) is 0 Å². The van der Waals surface area contributed by atoms with E-state index in [9.17, 15) is 0 Å². The van der Waals surface area contributed by atoms with E-state index in [2.05, 4.69) is 185 Å². The molecule has 2 aliphatic heterocycles. The van der Waals surface area contributed by atoms with Crippen molar-refractivity contribution in [2.75, 3.05) is 14.7 Å². The molecule has 4 nitrogen and oxygen atoms in total. The van der Waals surface area contributed by atoms with Crippen LogP contribution in [0.4, 0.5) is 45.5 Å². The summed E-state index contributed by atoms with van der Waals surface area (Å²) in [5.41, 5.74) is 16.9. The summed E-state index contributed by atoms with van der Waals surface area (Å²) in [5.74, 6) is 0.995. The van der Waals surface area contributed by atoms with Crippen LogP contribution in [0.1, 0.15) is 30.6 Å². The molecule has 2 aliphatic carbocycles. The molecule has 0 saturated heterocycles. The van der Waals surface area contributed by atoms with Crippen LogP contribution in [0.25, 0.3) is 17.0 Å². The van der Waals surface area contributed by atoms with E-state index in [1.54, 1.807) is 0 Å². The molecular weight excluding hydrogens is 645 g/mol. The van der Waals surface area contributed by atoms with E-state index in [4.69, 9.17) is 4.42 Å². The van der Waals surface area contributed by atoms with Crippen LogP contribution in [0.3, 0.4) is 0 Å². The SMILES string of the molecule is C1=CCCC(N(c2ccccc2)c2ccc3c(c2)N(c2ccccc2)c2cccc4c2B3c2cc3c5c(oc3cc2N4c2ccccc2)C=CCC5)=C1. The van der Waals surface area contributed by atoms with Gasteiger partial charge in [0.2, 0.25) is 0 Å². The zero-order chi connectivity index (χ0) is 34.9. The first-order valence-corrected chi connectivity index (χ1v) is 18.8. The van der Waals surface area contributed by atoms with Gasteiger partial charge in [0.15, 0.2) is 0 Å². The third kappa shape index (κ3) is 4.70. The molecule has 0 saturated carbocycles. The molecule has 252 valence electrons. The van der Waals surface area contributed by atoms with Crippen LogP contribution < -0.4 is 31.1 Å². The van der Waals surface area contributed by atoms with Crippen molar-refractivity contribution in [3.8, 4) is 0 Å². The van der Waals surface area contributed by atoms with Crippen molar-refractivity contribution in [3.05, 3.63) is 181 Å². The minimum Gasteiger partial charge on any atom is -0.456 e. The predicted molar refractivity (Wildman–Crippen MR) is 223 cm³/mol. The zero-order valence-electron chi connectivity index (χ0n) is 29.3. The summed E-state index contributed by atoms with van der Waals surface area (Å²) in [6.07, 6.45) is 15.2. The van der Waals surface area contributed by atoms with Gasteiger partial charge in [-0.2, -0.15) is 0 Å². The normalized spacial score (nSPS) is 15.1. The third-order valence-electron chi connectivity index (χ3n) is 11.3. The highest BCUT2D eigenvalue weighted by Gasteiger charge is 2.44. The Kier molecular flexibility index (Phi) is 6.87. The molecule has 0 atom stereocenters. The van der Waals surface area contributed by atoms with E-state index < -0.39 is 0 Å². The number of furan rings is 1. The van der Waals surface area contributed by atoms with E-state index in [1.807, 2.05) is 0 Å². The first-order valence-electron chi connectivity index (χ1n) is 18.8. The highest BCUT2D eigenvalue weighted by Crippen LogP contribution is 2.46.